The normalized spacial score (nSPS) is 34.0. The lowest BCUT2D eigenvalue weighted by Gasteiger charge is -2.45. The van der Waals surface area contributed by atoms with Crippen molar-refractivity contribution < 1.29 is 9.53 Å². The molecule has 6 heteroatoms. The van der Waals surface area contributed by atoms with Crippen molar-refractivity contribution in [2.24, 2.45) is 35.3 Å². The lowest BCUT2D eigenvalue weighted by Crippen LogP contribution is -2.52. The van der Waals surface area contributed by atoms with Crippen LogP contribution in [0.15, 0.2) is 0 Å². The van der Waals surface area contributed by atoms with Gasteiger partial charge in [-0.15, -0.1) is 0 Å². The largest absolute Gasteiger partial charge is 0.381 e. The second-order valence-electron chi connectivity index (χ2n) is 11.9. The molecule has 5 atom stereocenters. The molecule has 33 heavy (non-hydrogen) atoms. The Kier molecular flexibility index (Phi) is 9.49. The molecule has 1 saturated heterocycles. The first-order valence-corrected chi connectivity index (χ1v) is 14.0. The Balaban J connectivity index is 1.36. The van der Waals surface area contributed by atoms with Gasteiger partial charge in [-0.2, -0.15) is 0 Å². The van der Waals surface area contributed by atoms with Crippen molar-refractivity contribution in [2.75, 3.05) is 53.5 Å². The fraction of sp³-hybridized carbons (Fsp3) is 0.963. The van der Waals surface area contributed by atoms with Gasteiger partial charge in [-0.3, -0.25) is 4.79 Å². The Morgan fingerprint density at radius 2 is 1.67 bits per heavy atom. The van der Waals surface area contributed by atoms with Crippen LogP contribution in [0.3, 0.4) is 0 Å². The molecule has 0 spiro atoms. The fourth-order valence-electron chi connectivity index (χ4n) is 7.07. The second-order valence-corrected chi connectivity index (χ2v) is 11.9. The molecule has 1 amide bonds. The van der Waals surface area contributed by atoms with E-state index < -0.39 is 0 Å². The van der Waals surface area contributed by atoms with Gasteiger partial charge in [-0.05, 0) is 95.6 Å². The van der Waals surface area contributed by atoms with E-state index in [-0.39, 0.29) is 5.92 Å². The van der Waals surface area contributed by atoms with Crippen molar-refractivity contribution in [3.63, 3.8) is 0 Å². The van der Waals surface area contributed by atoms with Crippen LogP contribution >= 0.6 is 0 Å². The van der Waals surface area contributed by atoms with Crippen molar-refractivity contribution in [1.29, 1.82) is 0 Å². The van der Waals surface area contributed by atoms with Crippen LogP contribution in [0.25, 0.3) is 0 Å². The van der Waals surface area contributed by atoms with Gasteiger partial charge in [0.05, 0.1) is 5.92 Å². The van der Waals surface area contributed by atoms with E-state index in [9.17, 15) is 4.79 Å². The Hall–Kier alpha value is -0.690. The van der Waals surface area contributed by atoms with Gasteiger partial charge in [0.25, 0.3) is 0 Å². The quantitative estimate of drug-likeness (QED) is 0.522. The molecule has 3 saturated carbocycles. The summed E-state index contributed by atoms with van der Waals surface area (Å²) >= 11 is 0. The number of hydrogen-bond acceptors (Lipinski definition) is 5. The van der Waals surface area contributed by atoms with E-state index in [4.69, 9.17) is 10.5 Å². The minimum absolute atomic E-state index is 0.155. The van der Waals surface area contributed by atoms with Crippen LogP contribution < -0.4 is 11.1 Å². The summed E-state index contributed by atoms with van der Waals surface area (Å²) in [6, 6.07) is 0.715. The molecule has 3 aliphatic carbocycles. The highest BCUT2D eigenvalue weighted by atomic mass is 16.5. The maximum absolute atomic E-state index is 13.4. The Bertz CT molecular complexity index is 607. The third-order valence-electron chi connectivity index (χ3n) is 9.14. The molecule has 0 aromatic rings. The van der Waals surface area contributed by atoms with Crippen molar-refractivity contribution in [1.82, 2.24) is 15.1 Å². The Morgan fingerprint density at radius 3 is 2.39 bits per heavy atom. The van der Waals surface area contributed by atoms with Gasteiger partial charge < -0.3 is 25.6 Å². The second kappa shape index (κ2) is 12.3. The van der Waals surface area contributed by atoms with Gasteiger partial charge in [0.15, 0.2) is 0 Å². The van der Waals surface area contributed by atoms with Gasteiger partial charge in [-0.1, -0.05) is 12.8 Å². The van der Waals surface area contributed by atoms with Gasteiger partial charge >= 0.3 is 0 Å². The standard InChI is InChI=1S/C27H50N4O2/c1-30(13-12-28)18-21-4-3-5-22(16-21)23-8-9-25(26(17-23)31(2)19-20-6-7-20)27(32)29-24-10-14-33-15-11-24/h20-26H,3-19,28H2,1-2H3,(H,29,32). The summed E-state index contributed by atoms with van der Waals surface area (Å²) in [4.78, 5) is 18.4. The molecule has 0 aromatic heterocycles. The molecular formula is C27H50N4O2. The molecule has 4 rings (SSSR count). The molecule has 190 valence electrons. The van der Waals surface area contributed by atoms with Crippen molar-refractivity contribution in [3.05, 3.63) is 0 Å². The fourth-order valence-corrected chi connectivity index (χ4v) is 7.07. The molecule has 6 nitrogen and oxygen atoms in total. The molecule has 0 bridgehead atoms. The number of likely N-dealkylation sites (N-methyl/N-ethyl adjacent to an activating group) is 1. The number of ether oxygens (including phenoxy) is 1. The van der Waals surface area contributed by atoms with Gasteiger partial charge in [0, 0.05) is 51.5 Å². The van der Waals surface area contributed by atoms with E-state index in [0.717, 1.165) is 69.2 Å². The first kappa shape index (κ1) is 25.4. The average Bonchev–Trinajstić information content (AvgIpc) is 3.63. The van der Waals surface area contributed by atoms with E-state index in [2.05, 4.69) is 29.2 Å². The molecule has 5 unspecified atom stereocenters. The number of carbonyl (C=O) groups excluding carboxylic acids is 1. The van der Waals surface area contributed by atoms with Crippen LogP contribution in [0.4, 0.5) is 0 Å². The Labute approximate surface area is 202 Å². The molecule has 1 heterocycles. The zero-order valence-corrected chi connectivity index (χ0v) is 21.4. The summed E-state index contributed by atoms with van der Waals surface area (Å²) in [5, 5.41) is 3.42. The van der Waals surface area contributed by atoms with Gasteiger partial charge in [-0.25, -0.2) is 0 Å². The van der Waals surface area contributed by atoms with E-state index in [1.165, 1.54) is 64.5 Å². The molecule has 0 radical (unpaired) electrons. The third-order valence-corrected chi connectivity index (χ3v) is 9.14. The minimum atomic E-state index is 0.155. The highest BCUT2D eigenvalue weighted by Crippen LogP contribution is 2.44. The van der Waals surface area contributed by atoms with E-state index in [0.29, 0.717) is 18.0 Å². The summed E-state index contributed by atoms with van der Waals surface area (Å²) in [6.45, 7) is 5.69. The highest BCUT2D eigenvalue weighted by molar-refractivity contribution is 5.79. The predicted molar refractivity (Wildman–Crippen MR) is 134 cm³/mol. The number of rotatable bonds is 10. The molecular weight excluding hydrogens is 412 g/mol. The van der Waals surface area contributed by atoms with Crippen LogP contribution in [0.1, 0.15) is 70.6 Å². The third kappa shape index (κ3) is 7.39. The SMILES string of the molecule is CN(CCN)CC1CCCC(C2CCC(C(=O)NC3CCOCC3)C(N(C)CC3CC3)C2)C1. The first-order valence-electron chi connectivity index (χ1n) is 14.0. The van der Waals surface area contributed by atoms with Crippen molar-refractivity contribution >= 4 is 5.91 Å². The number of carbonyl (C=O) groups is 1. The number of nitrogens with one attached hydrogen (secondary N) is 1. The molecule has 1 aliphatic heterocycles. The first-order chi connectivity index (χ1) is 16.0. The number of amides is 1. The molecule has 0 aromatic carbocycles. The maximum atomic E-state index is 13.4. The average molecular weight is 463 g/mol. The van der Waals surface area contributed by atoms with Crippen LogP contribution in [0, 0.1) is 29.6 Å². The summed E-state index contributed by atoms with van der Waals surface area (Å²) in [5.41, 5.74) is 5.77. The van der Waals surface area contributed by atoms with Crippen LogP contribution in [-0.4, -0.2) is 81.3 Å². The van der Waals surface area contributed by atoms with Crippen LogP contribution in [-0.2, 0) is 9.53 Å². The summed E-state index contributed by atoms with van der Waals surface area (Å²) < 4.78 is 5.50. The molecule has 4 fully saturated rings. The number of nitrogens with zero attached hydrogens (tertiary/aromatic N) is 2. The number of hydrogen-bond donors (Lipinski definition) is 2. The topological polar surface area (TPSA) is 70.8 Å². The van der Waals surface area contributed by atoms with Crippen LogP contribution in [0.5, 0.6) is 0 Å². The summed E-state index contributed by atoms with van der Waals surface area (Å²) in [5.74, 6) is 3.78. The zero-order chi connectivity index (χ0) is 23.2. The Morgan fingerprint density at radius 1 is 0.909 bits per heavy atom. The predicted octanol–water partition coefficient (Wildman–Crippen LogP) is 3.11. The molecule has 4 aliphatic rings. The highest BCUT2D eigenvalue weighted by Gasteiger charge is 2.42. The van der Waals surface area contributed by atoms with Crippen LogP contribution in [0.2, 0.25) is 0 Å². The molecule has 3 N–H and O–H groups in total. The van der Waals surface area contributed by atoms with Gasteiger partial charge in [0.1, 0.15) is 0 Å². The summed E-state index contributed by atoms with van der Waals surface area (Å²) in [7, 11) is 4.52. The lowest BCUT2D eigenvalue weighted by atomic mass is 9.66. The smallest absolute Gasteiger partial charge is 0.224 e. The number of nitrogens with two attached hydrogens (primary N) is 1. The van der Waals surface area contributed by atoms with Crippen molar-refractivity contribution in [2.45, 2.75) is 82.7 Å². The minimum Gasteiger partial charge on any atom is -0.381 e. The van der Waals surface area contributed by atoms with E-state index in [1.807, 2.05) is 0 Å². The monoisotopic (exact) mass is 462 g/mol. The van der Waals surface area contributed by atoms with Crippen molar-refractivity contribution in [3.8, 4) is 0 Å². The van der Waals surface area contributed by atoms with E-state index >= 15 is 0 Å². The zero-order valence-electron chi connectivity index (χ0n) is 21.4. The lowest BCUT2D eigenvalue weighted by molar-refractivity contribution is -0.130. The summed E-state index contributed by atoms with van der Waals surface area (Å²) in [6.07, 6.45) is 13.7. The van der Waals surface area contributed by atoms with Gasteiger partial charge in [0.2, 0.25) is 5.91 Å². The maximum Gasteiger partial charge on any atom is 0.224 e. The van der Waals surface area contributed by atoms with E-state index in [1.54, 1.807) is 0 Å².